The zero-order valence-electron chi connectivity index (χ0n) is 9.80. The van der Waals surface area contributed by atoms with Crippen LogP contribution in [0.3, 0.4) is 0 Å². The SMILES string of the molecule is NCC[C@@H]1CCc2[nH]c3ccc(F)cc3c2C1. The summed E-state index contributed by atoms with van der Waals surface area (Å²) in [6.45, 7) is 0.747. The minimum atomic E-state index is -0.153. The van der Waals surface area contributed by atoms with E-state index in [1.165, 1.54) is 23.7 Å². The van der Waals surface area contributed by atoms with Gasteiger partial charge in [0.1, 0.15) is 5.82 Å². The Morgan fingerprint density at radius 2 is 2.29 bits per heavy atom. The first kappa shape index (κ1) is 10.8. The highest BCUT2D eigenvalue weighted by atomic mass is 19.1. The van der Waals surface area contributed by atoms with Gasteiger partial charge in [0.2, 0.25) is 0 Å². The third-order valence-electron chi connectivity index (χ3n) is 3.83. The van der Waals surface area contributed by atoms with Crippen LogP contribution >= 0.6 is 0 Å². The molecule has 0 unspecified atom stereocenters. The van der Waals surface area contributed by atoms with E-state index in [1.54, 1.807) is 6.07 Å². The zero-order valence-corrected chi connectivity index (χ0v) is 9.80. The van der Waals surface area contributed by atoms with Crippen LogP contribution in [0.5, 0.6) is 0 Å². The van der Waals surface area contributed by atoms with Gasteiger partial charge in [0.05, 0.1) is 0 Å². The number of H-pyrrole nitrogens is 1. The van der Waals surface area contributed by atoms with Crippen LogP contribution in [0.4, 0.5) is 4.39 Å². The molecule has 0 spiro atoms. The summed E-state index contributed by atoms with van der Waals surface area (Å²) < 4.78 is 13.3. The van der Waals surface area contributed by atoms with E-state index in [0.29, 0.717) is 5.92 Å². The number of nitrogens with one attached hydrogen (secondary N) is 1. The molecule has 3 rings (SSSR count). The van der Waals surface area contributed by atoms with Crippen molar-refractivity contribution in [1.29, 1.82) is 0 Å². The van der Waals surface area contributed by atoms with E-state index in [4.69, 9.17) is 5.73 Å². The Balaban J connectivity index is 2.04. The Morgan fingerprint density at radius 1 is 1.41 bits per heavy atom. The maximum atomic E-state index is 13.3. The number of aromatic nitrogens is 1. The standard InChI is InChI=1S/C14H17FN2/c15-10-2-4-14-12(8-10)11-7-9(5-6-16)1-3-13(11)17-14/h2,4,8-9,17H,1,3,5-7,16H2/t9-/m0/s1. The predicted molar refractivity (Wildman–Crippen MR) is 67.4 cm³/mol. The molecule has 0 aliphatic heterocycles. The summed E-state index contributed by atoms with van der Waals surface area (Å²) in [5, 5.41) is 1.06. The molecule has 17 heavy (non-hydrogen) atoms. The molecule has 2 nitrogen and oxygen atoms in total. The molecule has 3 heteroatoms. The normalized spacial score (nSPS) is 19.5. The molecule has 90 valence electrons. The average Bonchev–Trinajstić information content (AvgIpc) is 2.67. The summed E-state index contributed by atoms with van der Waals surface area (Å²) in [7, 11) is 0. The molecular formula is C14H17FN2. The van der Waals surface area contributed by atoms with Gasteiger partial charge in [0.15, 0.2) is 0 Å². The van der Waals surface area contributed by atoms with Crippen molar-refractivity contribution < 1.29 is 4.39 Å². The van der Waals surface area contributed by atoms with Crippen molar-refractivity contribution >= 4 is 10.9 Å². The van der Waals surface area contributed by atoms with Crippen molar-refractivity contribution in [2.45, 2.75) is 25.7 Å². The van der Waals surface area contributed by atoms with E-state index in [2.05, 4.69) is 4.98 Å². The van der Waals surface area contributed by atoms with E-state index >= 15 is 0 Å². The number of benzene rings is 1. The van der Waals surface area contributed by atoms with Crippen LogP contribution in [-0.4, -0.2) is 11.5 Å². The number of aryl methyl sites for hydroxylation is 1. The lowest BCUT2D eigenvalue weighted by Gasteiger charge is -2.21. The van der Waals surface area contributed by atoms with Crippen molar-refractivity contribution in [2.75, 3.05) is 6.54 Å². The second-order valence-corrected chi connectivity index (χ2v) is 4.96. The summed E-state index contributed by atoms with van der Waals surface area (Å²) >= 11 is 0. The topological polar surface area (TPSA) is 41.8 Å². The summed E-state index contributed by atoms with van der Waals surface area (Å²) in [5.41, 5.74) is 9.28. The van der Waals surface area contributed by atoms with E-state index in [1.807, 2.05) is 6.07 Å². The number of aromatic amines is 1. The molecule has 2 aromatic rings. The Kier molecular flexibility index (Phi) is 2.63. The van der Waals surface area contributed by atoms with Gasteiger partial charge >= 0.3 is 0 Å². The fourth-order valence-corrected chi connectivity index (χ4v) is 2.94. The van der Waals surface area contributed by atoms with Gasteiger partial charge in [-0.2, -0.15) is 0 Å². The van der Waals surface area contributed by atoms with E-state index in [-0.39, 0.29) is 5.82 Å². The average molecular weight is 232 g/mol. The highest BCUT2D eigenvalue weighted by Gasteiger charge is 2.22. The number of hydrogen-bond donors (Lipinski definition) is 2. The largest absolute Gasteiger partial charge is 0.358 e. The molecule has 0 saturated heterocycles. The van der Waals surface area contributed by atoms with Crippen LogP contribution in [-0.2, 0) is 12.8 Å². The maximum absolute atomic E-state index is 13.3. The quantitative estimate of drug-likeness (QED) is 0.821. The summed E-state index contributed by atoms with van der Waals surface area (Å²) in [5.74, 6) is 0.509. The highest BCUT2D eigenvalue weighted by Crippen LogP contribution is 2.33. The van der Waals surface area contributed by atoms with Gasteiger partial charge in [-0.15, -0.1) is 0 Å². The van der Waals surface area contributed by atoms with Gasteiger partial charge in [0, 0.05) is 16.6 Å². The Morgan fingerprint density at radius 3 is 3.12 bits per heavy atom. The summed E-state index contributed by atoms with van der Waals surface area (Å²) in [6.07, 6.45) is 4.37. The number of hydrogen-bond acceptors (Lipinski definition) is 1. The third-order valence-corrected chi connectivity index (χ3v) is 3.83. The van der Waals surface area contributed by atoms with Crippen molar-refractivity contribution in [3.05, 3.63) is 35.3 Å². The number of halogens is 1. The molecule has 1 aliphatic rings. The number of fused-ring (bicyclic) bond motifs is 3. The number of rotatable bonds is 2. The molecule has 1 aromatic carbocycles. The molecule has 1 aliphatic carbocycles. The van der Waals surface area contributed by atoms with Crippen LogP contribution in [0.2, 0.25) is 0 Å². The smallest absolute Gasteiger partial charge is 0.123 e. The molecule has 1 aromatic heterocycles. The van der Waals surface area contributed by atoms with Crippen molar-refractivity contribution in [2.24, 2.45) is 11.7 Å². The fraction of sp³-hybridized carbons (Fsp3) is 0.429. The lowest BCUT2D eigenvalue weighted by Crippen LogP contribution is -2.17. The molecule has 0 saturated carbocycles. The lowest BCUT2D eigenvalue weighted by atomic mass is 9.84. The van der Waals surface area contributed by atoms with Crippen LogP contribution in [0, 0.1) is 11.7 Å². The minimum Gasteiger partial charge on any atom is -0.358 e. The molecule has 0 radical (unpaired) electrons. The molecular weight excluding hydrogens is 215 g/mol. The van der Waals surface area contributed by atoms with Gasteiger partial charge in [-0.05, 0) is 61.9 Å². The van der Waals surface area contributed by atoms with Crippen LogP contribution in [0.25, 0.3) is 10.9 Å². The first-order valence-electron chi connectivity index (χ1n) is 6.27. The first-order chi connectivity index (χ1) is 8.28. The number of nitrogens with two attached hydrogens (primary N) is 1. The van der Waals surface area contributed by atoms with Gasteiger partial charge in [0.25, 0.3) is 0 Å². The van der Waals surface area contributed by atoms with Crippen LogP contribution < -0.4 is 5.73 Å². The molecule has 0 amide bonds. The fourth-order valence-electron chi connectivity index (χ4n) is 2.94. The molecule has 0 bridgehead atoms. The van der Waals surface area contributed by atoms with Crippen molar-refractivity contribution in [3.8, 4) is 0 Å². The third kappa shape index (κ3) is 1.84. The van der Waals surface area contributed by atoms with Crippen molar-refractivity contribution in [3.63, 3.8) is 0 Å². The molecule has 1 atom stereocenters. The van der Waals surface area contributed by atoms with E-state index in [9.17, 15) is 4.39 Å². The monoisotopic (exact) mass is 232 g/mol. The zero-order chi connectivity index (χ0) is 11.8. The lowest BCUT2D eigenvalue weighted by molar-refractivity contribution is 0.432. The van der Waals surface area contributed by atoms with Gasteiger partial charge in [-0.3, -0.25) is 0 Å². The molecule has 3 N–H and O–H groups in total. The maximum Gasteiger partial charge on any atom is 0.123 e. The van der Waals surface area contributed by atoms with Gasteiger partial charge in [-0.1, -0.05) is 0 Å². The highest BCUT2D eigenvalue weighted by molar-refractivity contribution is 5.85. The second-order valence-electron chi connectivity index (χ2n) is 4.96. The van der Waals surface area contributed by atoms with E-state index in [0.717, 1.165) is 36.7 Å². The Hall–Kier alpha value is -1.35. The minimum absolute atomic E-state index is 0.153. The Labute approximate surface area is 100 Å². The summed E-state index contributed by atoms with van der Waals surface area (Å²) in [4.78, 5) is 3.41. The van der Waals surface area contributed by atoms with Gasteiger partial charge in [-0.25, -0.2) is 4.39 Å². The predicted octanol–water partition coefficient (Wildman–Crippen LogP) is 2.76. The van der Waals surface area contributed by atoms with Crippen LogP contribution in [0.15, 0.2) is 18.2 Å². The Bertz CT molecular complexity index is 544. The summed E-state index contributed by atoms with van der Waals surface area (Å²) in [6, 6.07) is 5.00. The molecule has 1 heterocycles. The van der Waals surface area contributed by atoms with Gasteiger partial charge < -0.3 is 10.7 Å². The first-order valence-corrected chi connectivity index (χ1v) is 6.27. The van der Waals surface area contributed by atoms with Crippen molar-refractivity contribution in [1.82, 2.24) is 4.98 Å². The molecule has 0 fully saturated rings. The van der Waals surface area contributed by atoms with Crippen LogP contribution in [0.1, 0.15) is 24.1 Å². The second kappa shape index (κ2) is 4.15. The van der Waals surface area contributed by atoms with E-state index < -0.39 is 0 Å².